The van der Waals surface area contributed by atoms with Gasteiger partial charge in [-0.25, -0.2) is 0 Å². The maximum atomic E-state index is 12.4. The normalized spacial score (nSPS) is 15.1. The Balaban J connectivity index is 5.06. The molecule has 2 amide bonds. The summed E-state index contributed by atoms with van der Waals surface area (Å²) in [5, 5.41) is 2.97. The molecule has 0 saturated carbocycles. The van der Waals surface area contributed by atoms with E-state index in [1.54, 1.807) is 0 Å². The van der Waals surface area contributed by atoms with Gasteiger partial charge in [-0.2, -0.15) is 0 Å². The van der Waals surface area contributed by atoms with Crippen LogP contribution >= 0.6 is 0 Å². The predicted octanol–water partition coefficient (Wildman–Crippen LogP) is 2.47. The third kappa shape index (κ3) is 7.19. The summed E-state index contributed by atoms with van der Waals surface area (Å²) in [6.07, 6.45) is 2.21. The van der Waals surface area contributed by atoms with E-state index < -0.39 is 0 Å². The Morgan fingerprint density at radius 2 is 1.68 bits per heavy atom. The molecule has 0 aromatic heterocycles. The lowest BCUT2D eigenvalue weighted by Gasteiger charge is -2.29. The molecule has 0 rings (SSSR count). The second kappa shape index (κ2) is 7.51. The Labute approximate surface area is 117 Å². The summed E-state index contributed by atoms with van der Waals surface area (Å²) in [5.74, 6) is -0.754. The number of amides is 2. The molecule has 0 radical (unpaired) electrons. The van der Waals surface area contributed by atoms with Crippen LogP contribution < -0.4 is 11.1 Å². The van der Waals surface area contributed by atoms with E-state index in [-0.39, 0.29) is 29.2 Å². The van der Waals surface area contributed by atoms with Crippen LogP contribution in [0.25, 0.3) is 0 Å². The molecule has 0 aromatic rings. The Morgan fingerprint density at radius 1 is 1.16 bits per heavy atom. The molecule has 0 bridgehead atoms. The number of rotatable bonds is 7. The van der Waals surface area contributed by atoms with E-state index in [4.69, 9.17) is 5.73 Å². The number of nitrogens with one attached hydrogen (secondary N) is 1. The zero-order valence-corrected chi connectivity index (χ0v) is 13.2. The lowest BCUT2D eigenvalue weighted by molar-refractivity contribution is -0.135. The molecule has 0 aliphatic rings. The number of carbonyl (C=O) groups is 2. The second-order valence-electron chi connectivity index (χ2n) is 6.77. The van der Waals surface area contributed by atoms with Gasteiger partial charge in [0.2, 0.25) is 11.8 Å². The lowest BCUT2D eigenvalue weighted by atomic mass is 9.81. The first-order chi connectivity index (χ1) is 8.58. The van der Waals surface area contributed by atoms with Crippen molar-refractivity contribution in [1.29, 1.82) is 0 Å². The van der Waals surface area contributed by atoms with Crippen LogP contribution in [0.1, 0.15) is 60.8 Å². The number of hydrogen-bond acceptors (Lipinski definition) is 2. The average Bonchev–Trinajstić information content (AvgIpc) is 2.19. The van der Waals surface area contributed by atoms with Gasteiger partial charge in [0.15, 0.2) is 0 Å². The van der Waals surface area contributed by atoms with Gasteiger partial charge in [-0.05, 0) is 39.5 Å². The highest BCUT2D eigenvalue weighted by molar-refractivity contribution is 5.87. The molecule has 0 heterocycles. The molecule has 0 fully saturated rings. The summed E-state index contributed by atoms with van der Waals surface area (Å²) in [6, 6.07) is 0. The van der Waals surface area contributed by atoms with Crippen molar-refractivity contribution in [1.82, 2.24) is 5.32 Å². The Hall–Kier alpha value is -1.06. The van der Waals surface area contributed by atoms with Gasteiger partial charge in [0, 0.05) is 17.4 Å². The minimum absolute atomic E-state index is 0.0570. The summed E-state index contributed by atoms with van der Waals surface area (Å²) in [4.78, 5) is 24.0. The Bertz CT molecular complexity index is 306. The highest BCUT2D eigenvalue weighted by atomic mass is 16.2. The largest absolute Gasteiger partial charge is 0.369 e. The smallest absolute Gasteiger partial charge is 0.224 e. The average molecular weight is 270 g/mol. The predicted molar refractivity (Wildman–Crippen MR) is 78.4 cm³/mol. The number of nitrogens with two attached hydrogens (primary N) is 1. The third-order valence-corrected chi connectivity index (χ3v) is 3.01. The van der Waals surface area contributed by atoms with Crippen molar-refractivity contribution in [2.24, 2.45) is 23.5 Å². The lowest BCUT2D eigenvalue weighted by Crippen LogP contribution is -2.48. The fraction of sp³-hybridized carbons (Fsp3) is 0.867. The van der Waals surface area contributed by atoms with Crippen molar-refractivity contribution in [2.75, 3.05) is 0 Å². The zero-order valence-electron chi connectivity index (χ0n) is 13.2. The minimum Gasteiger partial charge on any atom is -0.369 e. The van der Waals surface area contributed by atoms with Crippen molar-refractivity contribution >= 4 is 11.8 Å². The van der Waals surface area contributed by atoms with E-state index in [0.717, 1.165) is 6.42 Å². The second-order valence-corrected chi connectivity index (χ2v) is 6.77. The Morgan fingerprint density at radius 3 is 2.00 bits per heavy atom. The maximum Gasteiger partial charge on any atom is 0.224 e. The van der Waals surface area contributed by atoms with E-state index in [2.05, 4.69) is 19.2 Å². The van der Waals surface area contributed by atoms with Gasteiger partial charge >= 0.3 is 0 Å². The van der Waals surface area contributed by atoms with Crippen molar-refractivity contribution in [3.63, 3.8) is 0 Å². The number of primary amides is 1. The highest BCUT2D eigenvalue weighted by Crippen LogP contribution is 2.25. The first kappa shape index (κ1) is 17.9. The molecule has 0 aromatic carbocycles. The van der Waals surface area contributed by atoms with Gasteiger partial charge in [0.25, 0.3) is 0 Å². The molecule has 3 N–H and O–H groups in total. The zero-order chi connectivity index (χ0) is 15.2. The highest BCUT2D eigenvalue weighted by Gasteiger charge is 2.33. The van der Waals surface area contributed by atoms with Crippen molar-refractivity contribution < 1.29 is 9.59 Å². The molecule has 0 spiro atoms. The Kier molecular flexibility index (Phi) is 7.09. The van der Waals surface area contributed by atoms with Crippen LogP contribution in [0.5, 0.6) is 0 Å². The first-order valence-corrected chi connectivity index (χ1v) is 7.19. The maximum absolute atomic E-state index is 12.4. The summed E-state index contributed by atoms with van der Waals surface area (Å²) in [7, 11) is 0. The summed E-state index contributed by atoms with van der Waals surface area (Å²) in [6.45, 7) is 11.9. The number of hydrogen-bond donors (Lipinski definition) is 2. The molecule has 19 heavy (non-hydrogen) atoms. The molecular weight excluding hydrogens is 240 g/mol. The molecular formula is C15H30N2O2. The molecule has 2 atom stereocenters. The van der Waals surface area contributed by atoms with Crippen LogP contribution in [0.3, 0.4) is 0 Å². The van der Waals surface area contributed by atoms with Gasteiger partial charge in [-0.3, -0.25) is 9.59 Å². The van der Waals surface area contributed by atoms with E-state index >= 15 is 0 Å². The van der Waals surface area contributed by atoms with Crippen LogP contribution in [-0.4, -0.2) is 17.4 Å². The van der Waals surface area contributed by atoms with Crippen LogP contribution in [0.2, 0.25) is 0 Å². The topological polar surface area (TPSA) is 72.2 Å². The van der Waals surface area contributed by atoms with Crippen LogP contribution in [0, 0.1) is 17.8 Å². The fourth-order valence-electron chi connectivity index (χ4n) is 2.28. The van der Waals surface area contributed by atoms with Gasteiger partial charge < -0.3 is 11.1 Å². The van der Waals surface area contributed by atoms with E-state index in [1.165, 1.54) is 0 Å². The van der Waals surface area contributed by atoms with Gasteiger partial charge in [0.05, 0.1) is 0 Å². The van der Waals surface area contributed by atoms with Gasteiger partial charge in [-0.1, -0.05) is 27.2 Å². The summed E-state index contributed by atoms with van der Waals surface area (Å²) in [5.41, 5.74) is 5.19. The van der Waals surface area contributed by atoms with E-state index in [1.807, 2.05) is 27.7 Å². The quantitative estimate of drug-likeness (QED) is 0.746. The van der Waals surface area contributed by atoms with Crippen LogP contribution in [0.4, 0.5) is 0 Å². The summed E-state index contributed by atoms with van der Waals surface area (Å²) >= 11 is 0. The summed E-state index contributed by atoms with van der Waals surface area (Å²) < 4.78 is 0. The van der Waals surface area contributed by atoms with E-state index in [0.29, 0.717) is 18.8 Å². The minimum atomic E-state index is -0.366. The van der Waals surface area contributed by atoms with Crippen LogP contribution in [0.15, 0.2) is 0 Å². The van der Waals surface area contributed by atoms with Gasteiger partial charge in [-0.15, -0.1) is 0 Å². The molecule has 0 aliphatic carbocycles. The standard InChI is InChI=1S/C15H30N2O2/c1-7-8-11(13(16)18)12(9-10(2)3)14(19)17-15(4,5)6/h10-12H,7-9H2,1-6H3,(H2,16,18)(H,17,19)/t11-,12?/m0/s1. The van der Waals surface area contributed by atoms with Gasteiger partial charge in [0.1, 0.15) is 0 Å². The van der Waals surface area contributed by atoms with E-state index in [9.17, 15) is 9.59 Å². The fourth-order valence-corrected chi connectivity index (χ4v) is 2.28. The first-order valence-electron chi connectivity index (χ1n) is 7.19. The van der Waals surface area contributed by atoms with Crippen LogP contribution in [-0.2, 0) is 9.59 Å². The third-order valence-electron chi connectivity index (χ3n) is 3.01. The molecule has 0 aliphatic heterocycles. The van der Waals surface area contributed by atoms with Crippen molar-refractivity contribution in [2.45, 2.75) is 66.3 Å². The van der Waals surface area contributed by atoms with Crippen molar-refractivity contribution in [3.8, 4) is 0 Å². The molecule has 112 valence electrons. The molecule has 0 saturated heterocycles. The molecule has 1 unspecified atom stereocenters. The SMILES string of the molecule is CCC[C@H](C(N)=O)C(CC(C)C)C(=O)NC(C)(C)C. The molecule has 4 nitrogen and oxygen atoms in total. The monoisotopic (exact) mass is 270 g/mol. The molecule has 4 heteroatoms. The number of carbonyl (C=O) groups excluding carboxylic acids is 2. The van der Waals surface area contributed by atoms with Crippen molar-refractivity contribution in [3.05, 3.63) is 0 Å².